The first kappa shape index (κ1) is 15.7. The second-order valence-electron chi connectivity index (χ2n) is 8.59. The molecular weight excluding hydrogens is 310 g/mol. The molecule has 4 aliphatic carbocycles. The number of sulfone groups is 1. The van der Waals surface area contributed by atoms with Crippen LogP contribution in [0.25, 0.3) is 0 Å². The third-order valence-corrected chi connectivity index (χ3v) is 8.36. The van der Waals surface area contributed by atoms with Crippen molar-refractivity contribution in [3.8, 4) is 0 Å². The Hall–Kier alpha value is -0.780. The van der Waals surface area contributed by atoms with Gasteiger partial charge < -0.3 is 10.6 Å². The van der Waals surface area contributed by atoms with Gasteiger partial charge in [-0.25, -0.2) is 8.42 Å². The van der Waals surface area contributed by atoms with E-state index < -0.39 is 9.84 Å². The summed E-state index contributed by atoms with van der Waals surface area (Å²) in [6.07, 6.45) is 9.22. The first-order chi connectivity index (χ1) is 11.0. The molecule has 1 aliphatic heterocycles. The summed E-state index contributed by atoms with van der Waals surface area (Å²) in [5, 5.41) is 6.84. The van der Waals surface area contributed by atoms with Crippen molar-refractivity contribution in [1.82, 2.24) is 10.6 Å². The molecule has 4 saturated carbocycles. The molecule has 23 heavy (non-hydrogen) atoms. The van der Waals surface area contributed by atoms with E-state index in [0.717, 1.165) is 30.3 Å². The fourth-order valence-corrected chi connectivity index (χ4v) is 7.75. The Kier molecular flexibility index (Phi) is 3.86. The highest BCUT2D eigenvalue weighted by molar-refractivity contribution is 7.91. The second-order valence-corrected chi connectivity index (χ2v) is 10.8. The third kappa shape index (κ3) is 3.24. The molecule has 5 rings (SSSR count). The summed E-state index contributed by atoms with van der Waals surface area (Å²) in [7, 11) is -1.07. The normalized spacial score (nSPS) is 44.5. The maximum atomic E-state index is 11.6. The maximum Gasteiger partial charge on any atom is 0.191 e. The molecule has 2 N–H and O–H groups in total. The van der Waals surface area contributed by atoms with E-state index in [1.807, 2.05) is 0 Å². The van der Waals surface area contributed by atoms with E-state index in [9.17, 15) is 8.42 Å². The number of aliphatic imine (C=N–C) groups is 1. The smallest absolute Gasteiger partial charge is 0.191 e. The topological polar surface area (TPSA) is 70.6 Å². The summed E-state index contributed by atoms with van der Waals surface area (Å²) >= 11 is 0. The Bertz CT molecular complexity index is 564. The molecule has 1 saturated heterocycles. The number of hydrogen-bond acceptors (Lipinski definition) is 3. The predicted molar refractivity (Wildman–Crippen MR) is 92.2 cm³/mol. The molecule has 4 bridgehead atoms. The molecule has 0 amide bonds. The Morgan fingerprint density at radius 1 is 1.13 bits per heavy atom. The molecule has 0 radical (unpaired) electrons. The van der Waals surface area contributed by atoms with Crippen molar-refractivity contribution in [3.05, 3.63) is 0 Å². The van der Waals surface area contributed by atoms with Gasteiger partial charge in [0.15, 0.2) is 15.8 Å². The molecule has 130 valence electrons. The van der Waals surface area contributed by atoms with Crippen LogP contribution in [0.2, 0.25) is 0 Å². The zero-order valence-corrected chi connectivity index (χ0v) is 14.9. The third-order valence-electron chi connectivity index (χ3n) is 6.59. The summed E-state index contributed by atoms with van der Waals surface area (Å²) < 4.78 is 23.2. The highest BCUT2D eigenvalue weighted by Crippen LogP contribution is 2.59. The molecule has 5 aliphatic rings. The van der Waals surface area contributed by atoms with Crippen LogP contribution in [0.15, 0.2) is 4.99 Å². The molecule has 5 nitrogen and oxygen atoms in total. The first-order valence-electron chi connectivity index (χ1n) is 9.13. The zero-order chi connectivity index (χ0) is 16.1. The van der Waals surface area contributed by atoms with Gasteiger partial charge in [-0.1, -0.05) is 0 Å². The van der Waals surface area contributed by atoms with Crippen LogP contribution in [0.4, 0.5) is 0 Å². The summed E-state index contributed by atoms with van der Waals surface area (Å²) in [5.74, 6) is 4.19. The lowest BCUT2D eigenvalue weighted by molar-refractivity contribution is -0.0492. The highest BCUT2D eigenvalue weighted by atomic mass is 32.2. The molecule has 0 aromatic rings. The largest absolute Gasteiger partial charge is 0.356 e. The van der Waals surface area contributed by atoms with Gasteiger partial charge in [0, 0.05) is 19.6 Å². The molecule has 1 heterocycles. The number of hydrogen-bond donors (Lipinski definition) is 2. The minimum absolute atomic E-state index is 0.0163. The van der Waals surface area contributed by atoms with Gasteiger partial charge in [0.2, 0.25) is 0 Å². The van der Waals surface area contributed by atoms with E-state index in [1.54, 1.807) is 7.05 Å². The number of rotatable bonds is 3. The Morgan fingerprint density at radius 2 is 1.74 bits per heavy atom. The molecule has 5 fully saturated rings. The van der Waals surface area contributed by atoms with Crippen LogP contribution in [0.1, 0.15) is 44.9 Å². The van der Waals surface area contributed by atoms with Crippen molar-refractivity contribution in [1.29, 1.82) is 0 Å². The molecule has 1 unspecified atom stereocenters. The minimum Gasteiger partial charge on any atom is -0.356 e. The van der Waals surface area contributed by atoms with E-state index in [1.165, 1.54) is 38.5 Å². The maximum absolute atomic E-state index is 11.6. The molecule has 0 aromatic heterocycles. The molecule has 0 spiro atoms. The van der Waals surface area contributed by atoms with Gasteiger partial charge in [0.05, 0.1) is 11.5 Å². The SMILES string of the molecule is CN=C(NCC12CC3CC(CC(C3)C1)C2)NC1CCS(=O)(=O)C1. The van der Waals surface area contributed by atoms with Gasteiger partial charge in [-0.15, -0.1) is 0 Å². The van der Waals surface area contributed by atoms with Gasteiger partial charge in [-0.3, -0.25) is 4.99 Å². The summed E-state index contributed by atoms with van der Waals surface area (Å²) in [4.78, 5) is 4.32. The van der Waals surface area contributed by atoms with E-state index in [0.29, 0.717) is 17.6 Å². The van der Waals surface area contributed by atoms with Crippen molar-refractivity contribution in [2.24, 2.45) is 28.2 Å². The quantitative estimate of drug-likeness (QED) is 0.605. The van der Waals surface area contributed by atoms with Crippen LogP contribution in [-0.2, 0) is 9.84 Å². The summed E-state index contributed by atoms with van der Waals surface area (Å²) in [6, 6.07) is 0.0163. The average molecular weight is 340 g/mol. The van der Waals surface area contributed by atoms with Crippen LogP contribution < -0.4 is 10.6 Å². The van der Waals surface area contributed by atoms with Crippen molar-refractivity contribution in [3.63, 3.8) is 0 Å². The van der Waals surface area contributed by atoms with Gasteiger partial charge in [0.25, 0.3) is 0 Å². The predicted octanol–water partition coefficient (Wildman–Crippen LogP) is 1.55. The summed E-state index contributed by atoms with van der Waals surface area (Å²) in [5.41, 5.74) is 0.466. The van der Waals surface area contributed by atoms with Gasteiger partial charge in [0.1, 0.15) is 0 Å². The van der Waals surface area contributed by atoms with Crippen LogP contribution in [0.5, 0.6) is 0 Å². The van der Waals surface area contributed by atoms with Crippen LogP contribution in [0, 0.1) is 23.2 Å². The fraction of sp³-hybridized carbons (Fsp3) is 0.941. The summed E-state index contributed by atoms with van der Waals surface area (Å²) in [6.45, 7) is 0.996. The Balaban J connectivity index is 1.34. The standard InChI is InChI=1S/C17H29N3O2S/c1-18-16(20-15-2-3-23(21,22)10-15)19-11-17-7-12-4-13(8-17)6-14(5-12)9-17/h12-15H,2-11H2,1H3,(H2,18,19,20). The van der Waals surface area contributed by atoms with Crippen molar-refractivity contribution in [2.75, 3.05) is 25.1 Å². The minimum atomic E-state index is -2.85. The Morgan fingerprint density at radius 3 is 2.22 bits per heavy atom. The fourth-order valence-electron chi connectivity index (χ4n) is 6.07. The van der Waals surface area contributed by atoms with E-state index in [-0.39, 0.29) is 11.8 Å². The molecule has 0 aromatic carbocycles. The van der Waals surface area contributed by atoms with Crippen molar-refractivity contribution in [2.45, 2.75) is 51.0 Å². The zero-order valence-electron chi connectivity index (χ0n) is 14.1. The number of nitrogens with one attached hydrogen (secondary N) is 2. The van der Waals surface area contributed by atoms with E-state index >= 15 is 0 Å². The Labute approximate surface area is 139 Å². The van der Waals surface area contributed by atoms with Gasteiger partial charge >= 0.3 is 0 Å². The lowest BCUT2D eigenvalue weighted by Crippen LogP contribution is -2.53. The lowest BCUT2D eigenvalue weighted by atomic mass is 9.49. The average Bonchev–Trinajstić information content (AvgIpc) is 2.81. The molecule has 6 heteroatoms. The van der Waals surface area contributed by atoms with Crippen LogP contribution in [0.3, 0.4) is 0 Å². The lowest BCUT2D eigenvalue weighted by Gasteiger charge is -2.57. The van der Waals surface area contributed by atoms with Crippen molar-refractivity contribution >= 4 is 15.8 Å². The number of guanidine groups is 1. The number of nitrogens with zero attached hydrogens (tertiary/aromatic N) is 1. The van der Waals surface area contributed by atoms with E-state index in [4.69, 9.17) is 0 Å². The first-order valence-corrected chi connectivity index (χ1v) is 11.0. The van der Waals surface area contributed by atoms with Crippen LogP contribution in [-0.4, -0.2) is 45.5 Å². The molecular formula is C17H29N3O2S. The molecule has 1 atom stereocenters. The second kappa shape index (κ2) is 5.64. The van der Waals surface area contributed by atoms with E-state index in [2.05, 4.69) is 15.6 Å². The van der Waals surface area contributed by atoms with Crippen molar-refractivity contribution < 1.29 is 8.42 Å². The monoisotopic (exact) mass is 339 g/mol. The van der Waals surface area contributed by atoms with Gasteiger partial charge in [-0.05, 0) is 68.1 Å². The van der Waals surface area contributed by atoms with Crippen LogP contribution >= 0.6 is 0 Å². The highest BCUT2D eigenvalue weighted by Gasteiger charge is 2.50. The van der Waals surface area contributed by atoms with Gasteiger partial charge in [-0.2, -0.15) is 0 Å².